The fraction of sp³-hybridized carbons (Fsp3) is 0.214. The van der Waals surface area contributed by atoms with E-state index in [0.29, 0.717) is 24.5 Å². The number of hydrogen-bond donors (Lipinski definition) is 2. The van der Waals surface area contributed by atoms with Crippen molar-refractivity contribution in [3.05, 3.63) is 47.9 Å². The predicted octanol–water partition coefficient (Wildman–Crippen LogP) is 1.44. The van der Waals surface area contributed by atoms with Crippen LogP contribution in [0.15, 0.2) is 36.7 Å². The number of rotatable bonds is 5. The van der Waals surface area contributed by atoms with Crippen molar-refractivity contribution < 1.29 is 9.90 Å². The molecule has 0 atom stereocenters. The van der Waals surface area contributed by atoms with Crippen LogP contribution in [0.1, 0.15) is 16.1 Å². The van der Waals surface area contributed by atoms with Crippen LogP contribution in [0, 0.1) is 0 Å². The predicted molar refractivity (Wildman–Crippen MR) is 76.8 cm³/mol. The van der Waals surface area contributed by atoms with E-state index in [4.69, 9.17) is 5.73 Å². The first-order valence-corrected chi connectivity index (χ1v) is 6.18. The second-order valence-corrected chi connectivity index (χ2v) is 4.44. The summed E-state index contributed by atoms with van der Waals surface area (Å²) < 4.78 is 0. The first-order chi connectivity index (χ1) is 9.58. The molecule has 0 saturated carbocycles. The summed E-state index contributed by atoms with van der Waals surface area (Å²) in [6.45, 7) is 0.619. The zero-order valence-electron chi connectivity index (χ0n) is 11.2. The maximum Gasteiger partial charge on any atom is 0.339 e. The van der Waals surface area contributed by atoms with Gasteiger partial charge in [0.05, 0.1) is 11.9 Å². The fourth-order valence-electron chi connectivity index (χ4n) is 1.87. The van der Waals surface area contributed by atoms with Crippen LogP contribution in [-0.2, 0) is 6.42 Å². The van der Waals surface area contributed by atoms with Gasteiger partial charge in [0, 0.05) is 31.9 Å². The van der Waals surface area contributed by atoms with Gasteiger partial charge in [-0.15, -0.1) is 0 Å². The van der Waals surface area contributed by atoms with E-state index in [9.17, 15) is 9.90 Å². The highest BCUT2D eigenvalue weighted by atomic mass is 16.4. The summed E-state index contributed by atoms with van der Waals surface area (Å²) in [6, 6.07) is 7.13. The summed E-state index contributed by atoms with van der Waals surface area (Å²) in [7, 11) is 1.80. The molecule has 6 nitrogen and oxygen atoms in total. The lowest BCUT2D eigenvalue weighted by molar-refractivity contribution is 0.0697. The summed E-state index contributed by atoms with van der Waals surface area (Å²) in [5, 5.41) is 9.19. The Morgan fingerprint density at radius 3 is 2.85 bits per heavy atom. The van der Waals surface area contributed by atoms with Crippen LogP contribution in [0.3, 0.4) is 0 Å². The first-order valence-electron chi connectivity index (χ1n) is 6.18. The van der Waals surface area contributed by atoms with Crippen molar-refractivity contribution in [1.29, 1.82) is 0 Å². The molecule has 0 fully saturated rings. The normalized spacial score (nSPS) is 10.2. The molecule has 0 saturated heterocycles. The quantitative estimate of drug-likeness (QED) is 0.855. The molecule has 0 bridgehead atoms. The van der Waals surface area contributed by atoms with Crippen LogP contribution in [0.4, 0.5) is 11.5 Å². The highest BCUT2D eigenvalue weighted by Gasteiger charge is 2.15. The number of aromatic nitrogens is 2. The second kappa shape index (κ2) is 6.01. The highest BCUT2D eigenvalue weighted by molar-refractivity contribution is 5.94. The van der Waals surface area contributed by atoms with Crippen LogP contribution in [-0.4, -0.2) is 34.6 Å². The number of hydrogen-bond acceptors (Lipinski definition) is 5. The topological polar surface area (TPSA) is 92.3 Å². The molecule has 0 spiro atoms. The average molecular weight is 272 g/mol. The fourth-order valence-corrected chi connectivity index (χ4v) is 1.87. The van der Waals surface area contributed by atoms with E-state index in [2.05, 4.69) is 9.97 Å². The van der Waals surface area contributed by atoms with Gasteiger partial charge >= 0.3 is 5.97 Å². The summed E-state index contributed by atoms with van der Waals surface area (Å²) in [6.07, 6.45) is 3.90. The Morgan fingerprint density at radius 1 is 1.40 bits per heavy atom. The van der Waals surface area contributed by atoms with E-state index < -0.39 is 5.97 Å². The maximum atomic E-state index is 11.2. The molecule has 0 aliphatic heterocycles. The Balaban J connectivity index is 2.13. The molecule has 0 amide bonds. The van der Waals surface area contributed by atoms with Gasteiger partial charge in [0.15, 0.2) is 0 Å². The monoisotopic (exact) mass is 272 g/mol. The lowest BCUT2D eigenvalue weighted by Gasteiger charge is -2.19. The molecular formula is C14H16N4O2. The zero-order chi connectivity index (χ0) is 14.5. The van der Waals surface area contributed by atoms with Gasteiger partial charge in [-0.2, -0.15) is 0 Å². The molecular weight excluding hydrogens is 256 g/mol. The minimum absolute atomic E-state index is 0.105. The molecule has 3 N–H and O–H groups in total. The van der Waals surface area contributed by atoms with Crippen molar-refractivity contribution in [2.45, 2.75) is 6.42 Å². The van der Waals surface area contributed by atoms with Gasteiger partial charge in [-0.25, -0.2) is 9.78 Å². The highest BCUT2D eigenvalue weighted by Crippen LogP contribution is 2.19. The third-order valence-corrected chi connectivity index (χ3v) is 2.91. The molecule has 20 heavy (non-hydrogen) atoms. The number of carboxylic acid groups (broad SMARTS) is 1. The van der Waals surface area contributed by atoms with Crippen molar-refractivity contribution in [3.8, 4) is 0 Å². The van der Waals surface area contributed by atoms with Crippen LogP contribution < -0.4 is 10.6 Å². The van der Waals surface area contributed by atoms with Gasteiger partial charge in [0.1, 0.15) is 11.4 Å². The summed E-state index contributed by atoms with van der Waals surface area (Å²) in [5.74, 6) is -0.632. The number of nitrogens with zero attached hydrogens (tertiary/aromatic N) is 3. The molecule has 104 valence electrons. The van der Waals surface area contributed by atoms with Gasteiger partial charge in [0.25, 0.3) is 0 Å². The van der Waals surface area contributed by atoms with Crippen LogP contribution in [0.2, 0.25) is 0 Å². The lowest BCUT2D eigenvalue weighted by Crippen LogP contribution is -2.24. The minimum Gasteiger partial charge on any atom is -0.478 e. The van der Waals surface area contributed by atoms with E-state index in [-0.39, 0.29) is 5.56 Å². The van der Waals surface area contributed by atoms with E-state index in [1.807, 2.05) is 18.2 Å². The Labute approximate surface area is 116 Å². The summed E-state index contributed by atoms with van der Waals surface area (Å²) >= 11 is 0. The van der Waals surface area contributed by atoms with Gasteiger partial charge in [-0.1, -0.05) is 6.07 Å². The molecule has 0 aliphatic rings. The van der Waals surface area contributed by atoms with Crippen molar-refractivity contribution in [2.75, 3.05) is 24.2 Å². The zero-order valence-corrected chi connectivity index (χ0v) is 11.2. The van der Waals surface area contributed by atoms with E-state index in [0.717, 1.165) is 5.69 Å². The smallest absolute Gasteiger partial charge is 0.339 e. The first kappa shape index (κ1) is 13.8. The molecule has 0 unspecified atom stereocenters. The van der Waals surface area contributed by atoms with E-state index in [1.165, 1.54) is 12.3 Å². The van der Waals surface area contributed by atoms with Gasteiger partial charge in [-0.3, -0.25) is 4.98 Å². The second-order valence-electron chi connectivity index (χ2n) is 4.44. The molecule has 2 heterocycles. The van der Waals surface area contributed by atoms with Crippen LogP contribution >= 0.6 is 0 Å². The molecule has 2 aromatic heterocycles. The van der Waals surface area contributed by atoms with Crippen LogP contribution in [0.25, 0.3) is 0 Å². The third-order valence-electron chi connectivity index (χ3n) is 2.91. The van der Waals surface area contributed by atoms with Crippen molar-refractivity contribution >= 4 is 17.5 Å². The van der Waals surface area contributed by atoms with E-state index in [1.54, 1.807) is 18.1 Å². The average Bonchev–Trinajstić information content (AvgIpc) is 2.45. The number of carbonyl (C=O) groups is 1. The molecule has 2 rings (SSSR count). The standard InChI is InChI=1S/C14H16N4O2/c1-18(7-5-11-4-2-3-6-16-11)13-12(14(19)20)8-10(15)9-17-13/h2-4,6,8-9H,5,7,15H2,1H3,(H,19,20). The minimum atomic E-state index is -1.04. The summed E-state index contributed by atoms with van der Waals surface area (Å²) in [4.78, 5) is 21.4. The van der Waals surface area contributed by atoms with Crippen molar-refractivity contribution in [3.63, 3.8) is 0 Å². The number of nitrogen functional groups attached to an aromatic ring is 1. The third kappa shape index (κ3) is 3.23. The van der Waals surface area contributed by atoms with Crippen LogP contribution in [0.5, 0.6) is 0 Å². The number of carboxylic acids is 1. The van der Waals surface area contributed by atoms with Gasteiger partial charge < -0.3 is 15.7 Å². The van der Waals surface area contributed by atoms with Gasteiger partial charge in [0.2, 0.25) is 0 Å². The number of aromatic carboxylic acids is 1. The Morgan fingerprint density at radius 2 is 2.20 bits per heavy atom. The maximum absolute atomic E-state index is 11.2. The van der Waals surface area contributed by atoms with Gasteiger partial charge in [-0.05, 0) is 18.2 Å². The SMILES string of the molecule is CN(CCc1ccccn1)c1ncc(N)cc1C(=O)O. The Kier molecular flexibility index (Phi) is 4.14. The van der Waals surface area contributed by atoms with Crippen molar-refractivity contribution in [2.24, 2.45) is 0 Å². The van der Waals surface area contributed by atoms with E-state index >= 15 is 0 Å². The van der Waals surface area contributed by atoms with Crippen molar-refractivity contribution in [1.82, 2.24) is 9.97 Å². The Bertz CT molecular complexity index is 601. The lowest BCUT2D eigenvalue weighted by atomic mass is 10.2. The molecule has 0 radical (unpaired) electrons. The number of nitrogens with two attached hydrogens (primary N) is 1. The number of pyridine rings is 2. The molecule has 2 aromatic rings. The summed E-state index contributed by atoms with van der Waals surface area (Å²) in [5.41, 5.74) is 6.97. The molecule has 6 heteroatoms. The largest absolute Gasteiger partial charge is 0.478 e. The molecule has 0 aliphatic carbocycles. The Hall–Kier alpha value is -2.63. The number of likely N-dealkylation sites (N-methyl/N-ethyl adjacent to an activating group) is 1. The number of anilines is 2. The molecule has 0 aromatic carbocycles.